The second-order valence-electron chi connectivity index (χ2n) is 6.16. The molecule has 0 aliphatic carbocycles. The Kier molecular flexibility index (Phi) is 7.42. The third-order valence-corrected chi connectivity index (χ3v) is 3.12. The van der Waals surface area contributed by atoms with E-state index in [0.717, 1.165) is 13.0 Å². The first kappa shape index (κ1) is 18.2. The van der Waals surface area contributed by atoms with Gasteiger partial charge in [0, 0.05) is 38.9 Å². The summed E-state index contributed by atoms with van der Waals surface area (Å²) in [6.07, 6.45) is 0.457. The molecule has 0 spiro atoms. The standard InChI is InChI=1S/C15H30N2O4/c1-6-19-13(20-7-2)10-16-12-8-9-17(11-12)14(18)21-15(3,4)5/h12-13,16H,6-11H2,1-5H3. The highest BCUT2D eigenvalue weighted by Crippen LogP contribution is 2.15. The molecule has 1 amide bonds. The predicted molar refractivity (Wildman–Crippen MR) is 81.3 cm³/mol. The van der Waals surface area contributed by atoms with Gasteiger partial charge in [-0.1, -0.05) is 0 Å². The highest BCUT2D eigenvalue weighted by molar-refractivity contribution is 5.68. The molecule has 1 heterocycles. The quantitative estimate of drug-likeness (QED) is 0.729. The molecule has 1 aliphatic heterocycles. The van der Waals surface area contributed by atoms with Gasteiger partial charge >= 0.3 is 6.09 Å². The first-order valence-electron chi connectivity index (χ1n) is 7.80. The van der Waals surface area contributed by atoms with E-state index in [9.17, 15) is 4.79 Å². The Labute approximate surface area is 128 Å². The Morgan fingerprint density at radius 3 is 2.43 bits per heavy atom. The number of carbonyl (C=O) groups is 1. The SMILES string of the molecule is CCOC(CNC1CCN(C(=O)OC(C)(C)C)C1)OCC. The molecule has 0 aromatic rings. The van der Waals surface area contributed by atoms with Crippen molar-refractivity contribution in [2.45, 2.75) is 59.0 Å². The Morgan fingerprint density at radius 1 is 1.29 bits per heavy atom. The maximum atomic E-state index is 12.0. The summed E-state index contributed by atoms with van der Waals surface area (Å²) in [7, 11) is 0. The number of carbonyl (C=O) groups excluding carboxylic acids is 1. The lowest BCUT2D eigenvalue weighted by Crippen LogP contribution is -2.41. The minimum atomic E-state index is -0.447. The lowest BCUT2D eigenvalue weighted by molar-refractivity contribution is -0.133. The molecule has 0 saturated carbocycles. The van der Waals surface area contributed by atoms with Crippen LogP contribution in [0.2, 0.25) is 0 Å². The molecule has 0 bridgehead atoms. The monoisotopic (exact) mass is 302 g/mol. The summed E-state index contributed by atoms with van der Waals surface area (Å²) in [6, 6.07) is 0.265. The van der Waals surface area contributed by atoms with Crippen LogP contribution in [0.3, 0.4) is 0 Å². The molecule has 1 aliphatic rings. The molecule has 1 atom stereocenters. The summed E-state index contributed by atoms with van der Waals surface area (Å²) in [5, 5.41) is 3.40. The normalized spacial score (nSPS) is 19.3. The second-order valence-corrected chi connectivity index (χ2v) is 6.16. The van der Waals surface area contributed by atoms with E-state index in [0.29, 0.717) is 26.3 Å². The van der Waals surface area contributed by atoms with E-state index in [2.05, 4.69) is 5.32 Å². The summed E-state index contributed by atoms with van der Waals surface area (Å²) in [5.41, 5.74) is -0.447. The maximum absolute atomic E-state index is 12.0. The average molecular weight is 302 g/mol. The smallest absolute Gasteiger partial charge is 0.410 e. The number of nitrogens with one attached hydrogen (secondary N) is 1. The number of nitrogens with zero attached hydrogens (tertiary/aromatic N) is 1. The molecule has 0 aromatic heterocycles. The third kappa shape index (κ3) is 7.11. The van der Waals surface area contributed by atoms with Crippen LogP contribution in [0.5, 0.6) is 0 Å². The van der Waals surface area contributed by atoms with Gasteiger partial charge in [-0.25, -0.2) is 4.79 Å². The topological polar surface area (TPSA) is 60.0 Å². The van der Waals surface area contributed by atoms with Crippen LogP contribution in [0.25, 0.3) is 0 Å². The lowest BCUT2D eigenvalue weighted by atomic mass is 10.2. The maximum Gasteiger partial charge on any atom is 0.410 e. The van der Waals surface area contributed by atoms with Gasteiger partial charge in [0.15, 0.2) is 6.29 Å². The van der Waals surface area contributed by atoms with Crippen molar-refractivity contribution < 1.29 is 19.0 Å². The minimum Gasteiger partial charge on any atom is -0.444 e. The van der Waals surface area contributed by atoms with Crippen LogP contribution < -0.4 is 5.32 Å². The van der Waals surface area contributed by atoms with Gasteiger partial charge in [-0.3, -0.25) is 0 Å². The summed E-state index contributed by atoms with van der Waals surface area (Å²) in [6.45, 7) is 12.8. The molecule has 1 saturated heterocycles. The molecule has 1 fully saturated rings. The molecule has 6 heteroatoms. The van der Waals surface area contributed by atoms with Gasteiger partial charge < -0.3 is 24.4 Å². The minimum absolute atomic E-state index is 0.226. The molecule has 21 heavy (non-hydrogen) atoms. The van der Waals surface area contributed by atoms with Crippen LogP contribution in [0.4, 0.5) is 4.79 Å². The molecular weight excluding hydrogens is 272 g/mol. The highest BCUT2D eigenvalue weighted by Gasteiger charge is 2.29. The Hall–Kier alpha value is -0.850. The Bertz CT molecular complexity index is 311. The summed E-state index contributed by atoms with van der Waals surface area (Å²) < 4.78 is 16.4. The molecule has 0 aromatic carbocycles. The largest absolute Gasteiger partial charge is 0.444 e. The Balaban J connectivity index is 2.32. The fraction of sp³-hybridized carbons (Fsp3) is 0.933. The molecule has 1 rings (SSSR count). The van der Waals surface area contributed by atoms with Crippen molar-refractivity contribution in [1.82, 2.24) is 10.2 Å². The zero-order valence-corrected chi connectivity index (χ0v) is 14.0. The van der Waals surface area contributed by atoms with Crippen LogP contribution >= 0.6 is 0 Å². The van der Waals surface area contributed by atoms with Gasteiger partial charge in [-0.2, -0.15) is 0 Å². The lowest BCUT2D eigenvalue weighted by Gasteiger charge is -2.24. The van der Waals surface area contributed by atoms with Crippen molar-refractivity contribution in [2.75, 3.05) is 32.8 Å². The van der Waals surface area contributed by atoms with E-state index in [1.807, 2.05) is 34.6 Å². The number of rotatable bonds is 7. The number of ether oxygens (including phenoxy) is 3. The van der Waals surface area contributed by atoms with Crippen LogP contribution in [0.15, 0.2) is 0 Å². The Morgan fingerprint density at radius 2 is 1.90 bits per heavy atom. The number of hydrogen-bond acceptors (Lipinski definition) is 5. The highest BCUT2D eigenvalue weighted by atomic mass is 16.7. The van der Waals surface area contributed by atoms with Gasteiger partial charge in [0.25, 0.3) is 0 Å². The second kappa shape index (κ2) is 8.56. The van der Waals surface area contributed by atoms with Crippen LogP contribution in [0.1, 0.15) is 41.0 Å². The molecule has 1 unspecified atom stereocenters. The van der Waals surface area contributed by atoms with Gasteiger partial charge in [0.2, 0.25) is 0 Å². The molecule has 1 N–H and O–H groups in total. The van der Waals surface area contributed by atoms with Crippen LogP contribution in [-0.2, 0) is 14.2 Å². The van der Waals surface area contributed by atoms with E-state index >= 15 is 0 Å². The van der Waals surface area contributed by atoms with Crippen LogP contribution in [0, 0.1) is 0 Å². The van der Waals surface area contributed by atoms with Crippen LogP contribution in [-0.4, -0.2) is 61.8 Å². The molecule has 6 nitrogen and oxygen atoms in total. The fourth-order valence-electron chi connectivity index (χ4n) is 2.22. The van der Waals surface area contributed by atoms with Gasteiger partial charge in [-0.15, -0.1) is 0 Å². The summed E-state index contributed by atoms with van der Waals surface area (Å²) in [5.74, 6) is 0. The van der Waals surface area contributed by atoms with Crippen molar-refractivity contribution in [3.63, 3.8) is 0 Å². The zero-order valence-electron chi connectivity index (χ0n) is 14.0. The van der Waals surface area contributed by atoms with Gasteiger partial charge in [-0.05, 0) is 41.0 Å². The average Bonchev–Trinajstić information content (AvgIpc) is 2.83. The van der Waals surface area contributed by atoms with Crippen molar-refractivity contribution in [3.8, 4) is 0 Å². The fourth-order valence-corrected chi connectivity index (χ4v) is 2.22. The van der Waals surface area contributed by atoms with E-state index < -0.39 is 5.60 Å². The molecular formula is C15H30N2O4. The van der Waals surface area contributed by atoms with Crippen molar-refractivity contribution in [1.29, 1.82) is 0 Å². The van der Waals surface area contributed by atoms with E-state index in [1.165, 1.54) is 0 Å². The third-order valence-electron chi connectivity index (χ3n) is 3.12. The first-order valence-corrected chi connectivity index (χ1v) is 7.80. The number of likely N-dealkylation sites (tertiary alicyclic amines) is 1. The summed E-state index contributed by atoms with van der Waals surface area (Å²) in [4.78, 5) is 13.7. The molecule has 124 valence electrons. The van der Waals surface area contributed by atoms with Gasteiger partial charge in [0.1, 0.15) is 5.60 Å². The van der Waals surface area contributed by atoms with Gasteiger partial charge in [0.05, 0.1) is 0 Å². The predicted octanol–water partition coefficient (Wildman–Crippen LogP) is 1.98. The van der Waals surface area contributed by atoms with E-state index in [1.54, 1.807) is 4.90 Å². The van der Waals surface area contributed by atoms with Crippen molar-refractivity contribution in [2.24, 2.45) is 0 Å². The zero-order chi connectivity index (χ0) is 15.9. The van der Waals surface area contributed by atoms with Crippen molar-refractivity contribution in [3.05, 3.63) is 0 Å². The first-order chi connectivity index (χ1) is 9.85. The van der Waals surface area contributed by atoms with E-state index in [-0.39, 0.29) is 18.4 Å². The number of hydrogen-bond donors (Lipinski definition) is 1. The summed E-state index contributed by atoms with van der Waals surface area (Å²) >= 11 is 0. The van der Waals surface area contributed by atoms with Crippen molar-refractivity contribution >= 4 is 6.09 Å². The number of amides is 1. The van der Waals surface area contributed by atoms with E-state index in [4.69, 9.17) is 14.2 Å². The molecule has 0 radical (unpaired) electrons.